The molecule has 9 heteroatoms. The molecule has 0 heterocycles. The summed E-state index contributed by atoms with van der Waals surface area (Å²) in [6, 6.07) is -1.26. The van der Waals surface area contributed by atoms with Gasteiger partial charge in [-0.15, -0.1) is 0 Å². The van der Waals surface area contributed by atoms with E-state index >= 15 is 0 Å². The molecule has 4 N–H and O–H groups in total. The Morgan fingerprint density at radius 2 is 1.43 bits per heavy atom. The zero-order valence-electron chi connectivity index (χ0n) is 10.8. The van der Waals surface area contributed by atoms with E-state index in [2.05, 4.69) is 4.74 Å². The third kappa shape index (κ3) is 3.88. The number of carbonyl (C=O) groups is 1. The Labute approximate surface area is 116 Å². The van der Waals surface area contributed by atoms with Gasteiger partial charge < -0.3 is 16.2 Å². The molecule has 0 aliphatic carbocycles. The molecule has 1 rings (SSSR count). The van der Waals surface area contributed by atoms with Crippen molar-refractivity contribution in [3.63, 3.8) is 0 Å². The minimum absolute atomic E-state index is 0.103. The molecular formula is C12H13F5N2O2. The van der Waals surface area contributed by atoms with Crippen LogP contribution < -0.4 is 16.2 Å². The largest absolute Gasteiger partial charge is 0.419 e. The van der Waals surface area contributed by atoms with Crippen LogP contribution in [0.2, 0.25) is 0 Å². The molecule has 0 saturated carbocycles. The van der Waals surface area contributed by atoms with Crippen LogP contribution >= 0.6 is 0 Å². The first-order valence-corrected chi connectivity index (χ1v) is 6.00. The lowest BCUT2D eigenvalue weighted by Gasteiger charge is -2.12. The molecule has 1 atom stereocenters. The van der Waals surface area contributed by atoms with Gasteiger partial charge in [-0.05, 0) is 19.4 Å². The predicted octanol–water partition coefficient (Wildman–Crippen LogP) is 1.74. The van der Waals surface area contributed by atoms with Gasteiger partial charge in [0.1, 0.15) is 6.04 Å². The Balaban J connectivity index is 2.91. The molecule has 0 spiro atoms. The quantitative estimate of drug-likeness (QED) is 0.209. The molecule has 4 nitrogen and oxygen atoms in total. The number of nitrogens with two attached hydrogens (primary N) is 2. The molecule has 0 aliphatic heterocycles. The van der Waals surface area contributed by atoms with E-state index in [1.54, 1.807) is 0 Å². The summed E-state index contributed by atoms with van der Waals surface area (Å²) in [6.07, 6.45) is 1.11. The second-order valence-corrected chi connectivity index (χ2v) is 4.21. The van der Waals surface area contributed by atoms with E-state index < -0.39 is 46.8 Å². The summed E-state index contributed by atoms with van der Waals surface area (Å²) in [4.78, 5) is 11.5. The molecule has 0 saturated heterocycles. The average Bonchev–Trinajstić information content (AvgIpc) is 2.47. The molecule has 0 fully saturated rings. The van der Waals surface area contributed by atoms with Crippen molar-refractivity contribution in [2.45, 2.75) is 25.3 Å². The van der Waals surface area contributed by atoms with Crippen LogP contribution in [-0.4, -0.2) is 18.6 Å². The van der Waals surface area contributed by atoms with E-state index in [9.17, 15) is 26.7 Å². The number of rotatable bonds is 6. The van der Waals surface area contributed by atoms with Crippen molar-refractivity contribution in [1.29, 1.82) is 0 Å². The smallest absolute Gasteiger partial charge is 0.328 e. The van der Waals surface area contributed by atoms with Gasteiger partial charge in [0, 0.05) is 0 Å². The number of unbranched alkanes of at least 4 members (excludes halogenated alkanes) is 1. The monoisotopic (exact) mass is 312 g/mol. The van der Waals surface area contributed by atoms with Crippen LogP contribution in [-0.2, 0) is 4.79 Å². The number of halogens is 5. The third-order valence-electron chi connectivity index (χ3n) is 2.64. The number of ether oxygens (including phenoxy) is 1. The van der Waals surface area contributed by atoms with Gasteiger partial charge in [-0.3, -0.25) is 0 Å². The van der Waals surface area contributed by atoms with Gasteiger partial charge in [0.2, 0.25) is 34.8 Å². The number of hydrogen-bond acceptors (Lipinski definition) is 4. The molecule has 1 aromatic carbocycles. The summed E-state index contributed by atoms with van der Waals surface area (Å²) in [5.41, 5.74) is 10.6. The first kappa shape index (κ1) is 17.3. The lowest BCUT2D eigenvalue weighted by atomic mass is 10.1. The van der Waals surface area contributed by atoms with Crippen molar-refractivity contribution >= 4 is 5.97 Å². The molecular weight excluding hydrogens is 299 g/mol. The van der Waals surface area contributed by atoms with E-state index in [0.717, 1.165) is 0 Å². The summed E-state index contributed by atoms with van der Waals surface area (Å²) in [7, 11) is 0. The van der Waals surface area contributed by atoms with Crippen molar-refractivity contribution in [3.8, 4) is 5.75 Å². The maximum atomic E-state index is 13.3. The van der Waals surface area contributed by atoms with Gasteiger partial charge >= 0.3 is 5.97 Å². The fourth-order valence-electron chi connectivity index (χ4n) is 1.48. The Kier molecular flexibility index (Phi) is 6.03. The van der Waals surface area contributed by atoms with E-state index in [1.165, 1.54) is 0 Å². The Hall–Kier alpha value is -1.74. The highest BCUT2D eigenvalue weighted by molar-refractivity contribution is 5.78. The Morgan fingerprint density at radius 1 is 0.952 bits per heavy atom. The Morgan fingerprint density at radius 3 is 1.90 bits per heavy atom. The van der Waals surface area contributed by atoms with Gasteiger partial charge in [-0.2, -0.15) is 8.78 Å². The summed E-state index contributed by atoms with van der Waals surface area (Å²) in [5.74, 6) is -14.2. The number of esters is 1. The van der Waals surface area contributed by atoms with Crippen LogP contribution in [0.25, 0.3) is 0 Å². The van der Waals surface area contributed by atoms with E-state index in [-0.39, 0.29) is 6.42 Å². The van der Waals surface area contributed by atoms with Crippen LogP contribution in [0.1, 0.15) is 19.3 Å². The normalized spacial score (nSPS) is 12.3. The van der Waals surface area contributed by atoms with Gasteiger partial charge in [0.05, 0.1) is 0 Å². The van der Waals surface area contributed by atoms with Crippen molar-refractivity contribution in [2.75, 3.05) is 6.54 Å². The maximum Gasteiger partial charge on any atom is 0.328 e. The van der Waals surface area contributed by atoms with Crippen LogP contribution in [0.3, 0.4) is 0 Å². The van der Waals surface area contributed by atoms with E-state index in [4.69, 9.17) is 11.5 Å². The fourth-order valence-corrected chi connectivity index (χ4v) is 1.48. The lowest BCUT2D eigenvalue weighted by Crippen LogP contribution is -2.34. The molecule has 0 amide bonds. The second-order valence-electron chi connectivity index (χ2n) is 4.21. The Bertz CT molecular complexity index is 510. The van der Waals surface area contributed by atoms with Gasteiger partial charge in [0.15, 0.2) is 0 Å². The highest BCUT2D eigenvalue weighted by atomic mass is 19.2. The topological polar surface area (TPSA) is 78.3 Å². The van der Waals surface area contributed by atoms with Crippen molar-refractivity contribution in [3.05, 3.63) is 29.1 Å². The van der Waals surface area contributed by atoms with Crippen LogP contribution in [0, 0.1) is 29.1 Å². The summed E-state index contributed by atoms with van der Waals surface area (Å²) in [5, 5.41) is 0. The molecule has 1 aromatic rings. The number of carbonyl (C=O) groups excluding carboxylic acids is 1. The zero-order valence-corrected chi connectivity index (χ0v) is 10.8. The second kappa shape index (κ2) is 7.32. The summed E-state index contributed by atoms with van der Waals surface area (Å²) < 4.78 is 69.4. The molecule has 0 aromatic heterocycles. The SMILES string of the molecule is NCCCC[C@H](N)C(=O)Oc1c(F)c(F)c(F)c(F)c1F. The van der Waals surface area contributed by atoms with Gasteiger partial charge in [-0.25, -0.2) is 18.0 Å². The summed E-state index contributed by atoms with van der Waals surface area (Å²) >= 11 is 0. The third-order valence-corrected chi connectivity index (χ3v) is 2.64. The van der Waals surface area contributed by atoms with Crippen LogP contribution in [0.4, 0.5) is 22.0 Å². The molecule has 0 aliphatic rings. The minimum atomic E-state index is -2.34. The number of hydrogen-bond donors (Lipinski definition) is 2. The average molecular weight is 312 g/mol. The zero-order chi connectivity index (χ0) is 16.2. The van der Waals surface area contributed by atoms with Crippen molar-refractivity contribution in [2.24, 2.45) is 11.5 Å². The minimum Gasteiger partial charge on any atom is -0.419 e. The van der Waals surface area contributed by atoms with Crippen LogP contribution in [0.5, 0.6) is 5.75 Å². The van der Waals surface area contributed by atoms with Gasteiger partial charge in [-0.1, -0.05) is 6.42 Å². The van der Waals surface area contributed by atoms with Crippen molar-refractivity contribution in [1.82, 2.24) is 0 Å². The summed E-state index contributed by atoms with van der Waals surface area (Å²) in [6.45, 7) is 0.361. The van der Waals surface area contributed by atoms with E-state index in [0.29, 0.717) is 19.4 Å². The van der Waals surface area contributed by atoms with E-state index in [1.807, 2.05) is 0 Å². The highest BCUT2D eigenvalue weighted by Crippen LogP contribution is 2.29. The molecule has 0 bridgehead atoms. The maximum absolute atomic E-state index is 13.3. The molecule has 0 unspecified atom stereocenters. The fraction of sp³-hybridized carbons (Fsp3) is 0.417. The highest BCUT2D eigenvalue weighted by Gasteiger charge is 2.29. The first-order chi connectivity index (χ1) is 9.81. The van der Waals surface area contributed by atoms with Gasteiger partial charge in [0.25, 0.3) is 0 Å². The van der Waals surface area contributed by atoms with Crippen molar-refractivity contribution < 1.29 is 31.5 Å². The van der Waals surface area contributed by atoms with Crippen LogP contribution in [0.15, 0.2) is 0 Å². The lowest BCUT2D eigenvalue weighted by molar-refractivity contribution is -0.136. The molecule has 0 radical (unpaired) electrons. The molecule has 118 valence electrons. The molecule has 21 heavy (non-hydrogen) atoms. The number of benzene rings is 1. The standard InChI is InChI=1S/C12H13F5N2O2/c13-6-7(14)9(16)11(10(17)8(6)15)21-12(20)5(19)3-1-2-4-18/h5H,1-4,18-19H2/t5-/m0/s1. The predicted molar refractivity (Wildman–Crippen MR) is 62.7 cm³/mol. The first-order valence-electron chi connectivity index (χ1n) is 6.00.